The molecule has 0 aliphatic heterocycles. The number of aliphatic hydroxyl groups is 1. The molecule has 16 heavy (non-hydrogen) atoms. The number of esters is 1. The molecule has 0 fully saturated rings. The molecule has 0 saturated heterocycles. The van der Waals surface area contributed by atoms with Crippen molar-refractivity contribution in [3.05, 3.63) is 21.9 Å². The van der Waals surface area contributed by atoms with Crippen molar-refractivity contribution in [2.24, 2.45) is 0 Å². The lowest BCUT2D eigenvalue weighted by Gasteiger charge is -2.12. The van der Waals surface area contributed by atoms with Gasteiger partial charge < -0.3 is 20.1 Å². The molecule has 0 aliphatic rings. The first kappa shape index (κ1) is 12.7. The van der Waals surface area contributed by atoms with Crippen molar-refractivity contribution in [2.75, 3.05) is 7.11 Å². The average molecular weight is 295 g/mol. The summed E-state index contributed by atoms with van der Waals surface area (Å²) < 4.78 is 17.1. The Bertz CT molecular complexity index is 434. The Balaban J connectivity index is 3.30. The topological polar surface area (TPSA) is 87.0 Å². The lowest BCUT2D eigenvalue weighted by Crippen LogP contribution is -2.13. The fraction of sp³-hybridized carbons (Fsp3) is 0.222. The molecule has 0 saturated carbocycles. The van der Waals surface area contributed by atoms with Crippen LogP contribution < -0.4 is 0 Å². The Morgan fingerprint density at radius 1 is 1.50 bits per heavy atom. The number of rotatable bonds is 2. The van der Waals surface area contributed by atoms with E-state index in [1.807, 2.05) is 0 Å². The van der Waals surface area contributed by atoms with E-state index in [4.69, 9.17) is 5.11 Å². The summed E-state index contributed by atoms with van der Waals surface area (Å²) in [7, 11) is 1.04. The fourth-order valence-electron chi connectivity index (χ4n) is 1.07. The third kappa shape index (κ3) is 2.10. The molecule has 7 heteroatoms. The lowest BCUT2D eigenvalue weighted by atomic mass is 10.1. The van der Waals surface area contributed by atoms with Gasteiger partial charge in [-0.05, 0) is 22.0 Å². The van der Waals surface area contributed by atoms with Gasteiger partial charge in [-0.25, -0.2) is 9.18 Å². The molecule has 1 rings (SSSR count). The molecule has 0 bridgehead atoms. The van der Waals surface area contributed by atoms with E-state index in [0.29, 0.717) is 0 Å². The van der Waals surface area contributed by atoms with Gasteiger partial charge in [-0.15, -0.1) is 0 Å². The molecule has 0 heterocycles. The van der Waals surface area contributed by atoms with Crippen LogP contribution >= 0.6 is 15.9 Å². The predicted molar refractivity (Wildman–Crippen MR) is 54.4 cm³/mol. The normalized spacial score (nSPS) is 12.2. The first-order valence-electron chi connectivity index (χ1n) is 4.05. The van der Waals surface area contributed by atoms with E-state index >= 15 is 0 Å². The summed E-state index contributed by atoms with van der Waals surface area (Å²) in [5.41, 5.74) is -0.349. The van der Waals surface area contributed by atoms with Crippen molar-refractivity contribution in [1.82, 2.24) is 0 Å². The molecule has 5 nitrogen and oxygen atoms in total. The molecule has 0 aliphatic carbocycles. The number of aromatic hydroxyl groups is 2. The highest BCUT2D eigenvalue weighted by Gasteiger charge is 2.26. The number of phenolic OH excluding ortho intramolecular Hbond substituents is 2. The van der Waals surface area contributed by atoms with E-state index < -0.39 is 29.4 Å². The second-order valence-electron chi connectivity index (χ2n) is 2.88. The van der Waals surface area contributed by atoms with E-state index in [9.17, 15) is 19.4 Å². The van der Waals surface area contributed by atoms with Gasteiger partial charge in [-0.2, -0.15) is 0 Å². The van der Waals surface area contributed by atoms with E-state index in [1.54, 1.807) is 0 Å². The van der Waals surface area contributed by atoms with Crippen LogP contribution in [-0.2, 0) is 9.53 Å². The molecule has 0 spiro atoms. The number of carbonyl (C=O) groups is 1. The standard InChI is InChI=1S/C9H8BrFO5/c1-16-9(15)7(13)3-2-4(10)5(11)8(14)6(3)12/h2,7,12-14H,1H3. The third-order valence-electron chi connectivity index (χ3n) is 1.92. The molecule has 1 aromatic carbocycles. The van der Waals surface area contributed by atoms with Gasteiger partial charge in [0, 0.05) is 5.56 Å². The summed E-state index contributed by atoms with van der Waals surface area (Å²) in [4.78, 5) is 11.0. The monoisotopic (exact) mass is 294 g/mol. The van der Waals surface area contributed by atoms with E-state index in [1.165, 1.54) is 0 Å². The minimum Gasteiger partial charge on any atom is -0.504 e. The molecule has 1 aromatic rings. The van der Waals surface area contributed by atoms with Gasteiger partial charge in [0.1, 0.15) is 0 Å². The smallest absolute Gasteiger partial charge is 0.339 e. The Labute approximate surface area is 98.2 Å². The van der Waals surface area contributed by atoms with Gasteiger partial charge in [0.25, 0.3) is 0 Å². The molecule has 0 amide bonds. The van der Waals surface area contributed by atoms with Crippen molar-refractivity contribution >= 4 is 21.9 Å². The highest BCUT2D eigenvalue weighted by Crippen LogP contribution is 2.39. The average Bonchev–Trinajstić information content (AvgIpc) is 2.29. The second kappa shape index (κ2) is 4.67. The maximum absolute atomic E-state index is 13.1. The zero-order chi connectivity index (χ0) is 12.5. The highest BCUT2D eigenvalue weighted by molar-refractivity contribution is 9.10. The van der Waals surface area contributed by atoms with E-state index in [0.717, 1.165) is 13.2 Å². The number of hydrogen-bond acceptors (Lipinski definition) is 5. The summed E-state index contributed by atoms with van der Waals surface area (Å²) in [6.07, 6.45) is -1.80. The van der Waals surface area contributed by atoms with Gasteiger partial charge in [0.15, 0.2) is 23.4 Å². The molecule has 1 unspecified atom stereocenters. The van der Waals surface area contributed by atoms with E-state index in [-0.39, 0.29) is 10.0 Å². The molecule has 0 aromatic heterocycles. The van der Waals surface area contributed by atoms with Crippen LogP contribution in [0.1, 0.15) is 11.7 Å². The summed E-state index contributed by atoms with van der Waals surface area (Å²) in [5, 5.41) is 27.9. The SMILES string of the molecule is COC(=O)C(O)c1cc(Br)c(F)c(O)c1O. The van der Waals surface area contributed by atoms with Gasteiger partial charge >= 0.3 is 5.97 Å². The van der Waals surface area contributed by atoms with Crippen LogP contribution in [-0.4, -0.2) is 28.4 Å². The molecule has 1 atom stereocenters. The van der Waals surface area contributed by atoms with Gasteiger partial charge in [-0.1, -0.05) is 0 Å². The van der Waals surface area contributed by atoms with Crippen molar-refractivity contribution in [3.63, 3.8) is 0 Å². The number of phenols is 2. The van der Waals surface area contributed by atoms with E-state index in [2.05, 4.69) is 20.7 Å². The second-order valence-corrected chi connectivity index (χ2v) is 3.74. The highest BCUT2D eigenvalue weighted by atomic mass is 79.9. The van der Waals surface area contributed by atoms with Crippen LogP contribution in [0.3, 0.4) is 0 Å². The van der Waals surface area contributed by atoms with Crippen LogP contribution in [0.25, 0.3) is 0 Å². The van der Waals surface area contributed by atoms with Crippen molar-refractivity contribution in [1.29, 1.82) is 0 Å². The van der Waals surface area contributed by atoms with Gasteiger partial charge in [0.2, 0.25) is 0 Å². The number of benzene rings is 1. The number of halogens is 2. The minimum absolute atomic E-state index is 0.194. The quantitative estimate of drug-likeness (QED) is 0.564. The molecule has 0 radical (unpaired) electrons. The van der Waals surface area contributed by atoms with Crippen LogP contribution in [0.5, 0.6) is 11.5 Å². The summed E-state index contributed by atoms with van der Waals surface area (Å²) in [6.45, 7) is 0. The summed E-state index contributed by atoms with van der Waals surface area (Å²) >= 11 is 2.76. The minimum atomic E-state index is -1.80. The first-order valence-corrected chi connectivity index (χ1v) is 4.85. The van der Waals surface area contributed by atoms with Crippen LogP contribution in [0.2, 0.25) is 0 Å². The van der Waals surface area contributed by atoms with Crippen LogP contribution in [0.15, 0.2) is 10.5 Å². The van der Waals surface area contributed by atoms with Crippen LogP contribution in [0, 0.1) is 5.82 Å². The predicted octanol–water partition coefficient (Wildman–Crippen LogP) is 1.21. The number of hydrogen-bond donors (Lipinski definition) is 3. The molecule has 88 valence electrons. The first-order chi connectivity index (χ1) is 7.40. The molecular formula is C9H8BrFO5. The number of carbonyl (C=O) groups excluding carboxylic acids is 1. The molecule has 3 N–H and O–H groups in total. The Morgan fingerprint density at radius 2 is 2.06 bits per heavy atom. The number of methoxy groups -OCH3 is 1. The maximum atomic E-state index is 13.1. The summed E-state index contributed by atoms with van der Waals surface area (Å²) in [6, 6.07) is 0.978. The number of ether oxygens (including phenoxy) is 1. The van der Waals surface area contributed by atoms with Gasteiger partial charge in [0.05, 0.1) is 11.6 Å². The summed E-state index contributed by atoms with van der Waals surface area (Å²) in [5.74, 6) is -4.07. The zero-order valence-electron chi connectivity index (χ0n) is 8.07. The van der Waals surface area contributed by atoms with Crippen molar-refractivity contribution in [2.45, 2.75) is 6.10 Å². The Morgan fingerprint density at radius 3 is 2.56 bits per heavy atom. The van der Waals surface area contributed by atoms with Gasteiger partial charge in [-0.3, -0.25) is 0 Å². The van der Waals surface area contributed by atoms with Crippen molar-refractivity contribution < 1.29 is 29.2 Å². The maximum Gasteiger partial charge on any atom is 0.339 e. The Kier molecular flexibility index (Phi) is 3.71. The number of aliphatic hydroxyl groups excluding tert-OH is 1. The largest absolute Gasteiger partial charge is 0.504 e. The lowest BCUT2D eigenvalue weighted by molar-refractivity contribution is -0.150. The fourth-order valence-corrected chi connectivity index (χ4v) is 1.50. The third-order valence-corrected chi connectivity index (χ3v) is 2.49. The Hall–Kier alpha value is -1.34. The van der Waals surface area contributed by atoms with Crippen molar-refractivity contribution in [3.8, 4) is 11.5 Å². The van der Waals surface area contributed by atoms with Crippen LogP contribution in [0.4, 0.5) is 4.39 Å². The zero-order valence-corrected chi connectivity index (χ0v) is 9.65. The molecular weight excluding hydrogens is 287 g/mol.